The van der Waals surface area contributed by atoms with Crippen LogP contribution in [-0.4, -0.2) is 20.9 Å². The maximum absolute atomic E-state index is 11.2. The molecule has 7 heteroatoms. The molecule has 3 N–H and O–H groups in total. The molecule has 1 heterocycles. The smallest absolute Gasteiger partial charge is 0.332 e. The molecule has 20 heavy (non-hydrogen) atoms. The third-order valence-corrected chi connectivity index (χ3v) is 5.30. The van der Waals surface area contributed by atoms with Crippen LogP contribution in [0.15, 0.2) is 0 Å². The molecule has 4 unspecified atom stereocenters. The van der Waals surface area contributed by atoms with Crippen molar-refractivity contribution < 1.29 is 4.92 Å². The first kappa shape index (κ1) is 11.9. The quantitative estimate of drug-likeness (QED) is 0.642. The zero-order valence-corrected chi connectivity index (χ0v) is 11.2. The van der Waals surface area contributed by atoms with Crippen LogP contribution in [0.25, 0.3) is 0 Å². The molecule has 3 saturated carbocycles. The van der Waals surface area contributed by atoms with E-state index in [1.165, 1.54) is 19.3 Å². The van der Waals surface area contributed by atoms with Crippen molar-refractivity contribution in [3.8, 4) is 0 Å². The van der Waals surface area contributed by atoms with Crippen LogP contribution < -0.4 is 11.1 Å². The molecule has 2 bridgehead atoms. The number of nitrogens with one attached hydrogen (secondary N) is 1. The minimum atomic E-state index is -0.427. The standard InChI is InChI=1S/C13H17N5O2/c1-5-11(18(19)20)12(17-13(14)15-5)16-10-8-6-2-3-7(4-6)9(8)10/h6-10H,2-4H2,1H3,(H3,14,15,16,17). The Morgan fingerprint density at radius 3 is 2.55 bits per heavy atom. The van der Waals surface area contributed by atoms with Crippen molar-refractivity contribution in [2.24, 2.45) is 23.7 Å². The summed E-state index contributed by atoms with van der Waals surface area (Å²) in [7, 11) is 0. The number of fused-ring (bicyclic) bond motifs is 5. The van der Waals surface area contributed by atoms with E-state index in [1.807, 2.05) is 0 Å². The molecular formula is C13H17N5O2. The Hall–Kier alpha value is -1.92. The Balaban J connectivity index is 1.62. The van der Waals surface area contributed by atoms with Crippen molar-refractivity contribution in [2.75, 3.05) is 11.1 Å². The van der Waals surface area contributed by atoms with E-state index < -0.39 is 4.92 Å². The average Bonchev–Trinajstić information content (AvgIpc) is 2.77. The van der Waals surface area contributed by atoms with Crippen LogP contribution in [0.3, 0.4) is 0 Å². The molecule has 1 aromatic rings. The molecule has 3 fully saturated rings. The molecule has 0 aromatic carbocycles. The maximum Gasteiger partial charge on any atom is 0.332 e. The highest BCUT2D eigenvalue weighted by molar-refractivity contribution is 5.61. The van der Waals surface area contributed by atoms with Gasteiger partial charge in [0, 0.05) is 6.04 Å². The van der Waals surface area contributed by atoms with E-state index in [4.69, 9.17) is 5.73 Å². The number of nitrogens with zero attached hydrogens (tertiary/aromatic N) is 3. The molecule has 0 spiro atoms. The number of hydrogen-bond donors (Lipinski definition) is 2. The van der Waals surface area contributed by atoms with Crippen LogP contribution in [0.5, 0.6) is 0 Å². The van der Waals surface area contributed by atoms with Crippen molar-refractivity contribution in [1.29, 1.82) is 0 Å². The normalized spacial score (nSPS) is 36.8. The molecule has 0 radical (unpaired) electrons. The highest BCUT2D eigenvalue weighted by Gasteiger charge is 2.65. The van der Waals surface area contributed by atoms with Crippen molar-refractivity contribution in [3.63, 3.8) is 0 Å². The zero-order chi connectivity index (χ0) is 14.0. The average molecular weight is 275 g/mol. The van der Waals surface area contributed by atoms with Gasteiger partial charge in [-0.3, -0.25) is 10.1 Å². The van der Waals surface area contributed by atoms with Gasteiger partial charge < -0.3 is 11.1 Å². The van der Waals surface area contributed by atoms with E-state index in [2.05, 4.69) is 15.3 Å². The van der Waals surface area contributed by atoms with E-state index in [-0.39, 0.29) is 11.6 Å². The van der Waals surface area contributed by atoms with E-state index in [0.717, 1.165) is 11.8 Å². The Morgan fingerprint density at radius 1 is 1.30 bits per heavy atom. The second-order valence-corrected chi connectivity index (χ2v) is 6.28. The summed E-state index contributed by atoms with van der Waals surface area (Å²) in [5, 5.41) is 14.5. The monoisotopic (exact) mass is 275 g/mol. The third-order valence-electron chi connectivity index (χ3n) is 5.30. The highest BCUT2D eigenvalue weighted by Crippen LogP contribution is 2.66. The largest absolute Gasteiger partial charge is 0.368 e. The lowest BCUT2D eigenvalue weighted by Crippen LogP contribution is -2.16. The number of hydrogen-bond acceptors (Lipinski definition) is 6. The molecular weight excluding hydrogens is 258 g/mol. The minimum Gasteiger partial charge on any atom is -0.368 e. The molecule has 3 aliphatic rings. The fourth-order valence-corrected chi connectivity index (χ4v) is 4.58. The van der Waals surface area contributed by atoms with Crippen LogP contribution in [0.4, 0.5) is 17.5 Å². The van der Waals surface area contributed by atoms with E-state index in [1.54, 1.807) is 6.92 Å². The maximum atomic E-state index is 11.2. The van der Waals surface area contributed by atoms with Gasteiger partial charge in [-0.05, 0) is 49.9 Å². The van der Waals surface area contributed by atoms with Gasteiger partial charge in [0.2, 0.25) is 11.8 Å². The molecule has 0 amide bonds. The van der Waals surface area contributed by atoms with Crippen LogP contribution in [0.1, 0.15) is 25.0 Å². The number of rotatable bonds is 3. The first-order chi connectivity index (χ1) is 9.56. The second kappa shape index (κ2) is 3.80. The number of nitrogen functional groups attached to an aromatic ring is 1. The molecule has 4 atom stereocenters. The molecule has 4 rings (SSSR count). The van der Waals surface area contributed by atoms with Crippen LogP contribution in [0, 0.1) is 40.7 Å². The number of anilines is 2. The summed E-state index contributed by atoms with van der Waals surface area (Å²) in [4.78, 5) is 18.7. The Labute approximate surface area is 116 Å². The summed E-state index contributed by atoms with van der Waals surface area (Å²) in [5.41, 5.74) is 5.90. The topological polar surface area (TPSA) is 107 Å². The molecule has 106 valence electrons. The van der Waals surface area contributed by atoms with Crippen molar-refractivity contribution >= 4 is 17.5 Å². The highest BCUT2D eigenvalue weighted by atomic mass is 16.6. The van der Waals surface area contributed by atoms with Crippen LogP contribution >= 0.6 is 0 Å². The summed E-state index contributed by atoms with van der Waals surface area (Å²) >= 11 is 0. The lowest BCUT2D eigenvalue weighted by molar-refractivity contribution is -0.385. The summed E-state index contributed by atoms with van der Waals surface area (Å²) < 4.78 is 0. The lowest BCUT2D eigenvalue weighted by atomic mass is 10.0. The molecule has 1 aromatic heterocycles. The minimum absolute atomic E-state index is 0.0449. The first-order valence-corrected chi connectivity index (χ1v) is 7.11. The van der Waals surface area contributed by atoms with Crippen molar-refractivity contribution in [3.05, 3.63) is 15.8 Å². The van der Waals surface area contributed by atoms with Gasteiger partial charge in [0.05, 0.1) is 4.92 Å². The Morgan fingerprint density at radius 2 is 1.95 bits per heavy atom. The molecule has 0 saturated heterocycles. The van der Waals surface area contributed by atoms with Crippen molar-refractivity contribution in [2.45, 2.75) is 32.2 Å². The lowest BCUT2D eigenvalue weighted by Gasteiger charge is -2.12. The summed E-state index contributed by atoms with van der Waals surface area (Å²) in [6, 6.07) is 0.341. The molecule has 3 aliphatic carbocycles. The number of nitro groups is 1. The van der Waals surface area contributed by atoms with Crippen LogP contribution in [0.2, 0.25) is 0 Å². The van der Waals surface area contributed by atoms with Gasteiger partial charge in [0.25, 0.3) is 0 Å². The Kier molecular flexibility index (Phi) is 2.26. The SMILES string of the molecule is Cc1nc(N)nc(NC2C3C4CCC(C4)C23)c1[N+](=O)[O-]. The van der Waals surface area contributed by atoms with Gasteiger partial charge in [-0.15, -0.1) is 0 Å². The first-order valence-electron chi connectivity index (χ1n) is 7.11. The number of aromatic nitrogens is 2. The van der Waals surface area contributed by atoms with E-state index >= 15 is 0 Å². The van der Waals surface area contributed by atoms with E-state index in [9.17, 15) is 10.1 Å². The Bertz CT molecular complexity index is 589. The third kappa shape index (κ3) is 1.52. The van der Waals surface area contributed by atoms with Gasteiger partial charge in [-0.25, -0.2) is 4.98 Å². The summed E-state index contributed by atoms with van der Waals surface area (Å²) in [5.74, 6) is 3.36. The van der Waals surface area contributed by atoms with E-state index in [0.29, 0.717) is 29.4 Å². The summed E-state index contributed by atoms with van der Waals surface area (Å²) in [6.45, 7) is 1.60. The number of aryl methyl sites for hydroxylation is 1. The van der Waals surface area contributed by atoms with Gasteiger partial charge in [0.15, 0.2) is 0 Å². The predicted octanol–water partition coefficient (Wildman–Crippen LogP) is 1.73. The fourth-order valence-electron chi connectivity index (χ4n) is 4.58. The van der Waals surface area contributed by atoms with Gasteiger partial charge in [-0.1, -0.05) is 0 Å². The second-order valence-electron chi connectivity index (χ2n) is 6.28. The molecule has 0 aliphatic heterocycles. The fraction of sp³-hybridized carbons (Fsp3) is 0.692. The number of nitrogens with two attached hydrogens (primary N) is 1. The summed E-state index contributed by atoms with van der Waals surface area (Å²) in [6.07, 6.45) is 3.98. The van der Waals surface area contributed by atoms with Gasteiger partial charge >= 0.3 is 5.69 Å². The van der Waals surface area contributed by atoms with Gasteiger partial charge in [0.1, 0.15) is 5.69 Å². The predicted molar refractivity (Wildman–Crippen MR) is 73.1 cm³/mol. The van der Waals surface area contributed by atoms with Crippen LogP contribution in [-0.2, 0) is 0 Å². The molecule has 7 nitrogen and oxygen atoms in total. The van der Waals surface area contributed by atoms with Crippen molar-refractivity contribution in [1.82, 2.24) is 9.97 Å². The zero-order valence-electron chi connectivity index (χ0n) is 11.2. The van der Waals surface area contributed by atoms with Gasteiger partial charge in [-0.2, -0.15) is 4.98 Å².